The fourth-order valence-corrected chi connectivity index (χ4v) is 3.21. The van der Waals surface area contributed by atoms with E-state index in [1.807, 2.05) is 32.0 Å². The molecular weight excluding hydrogens is 310 g/mol. The van der Waals surface area contributed by atoms with Gasteiger partial charge in [-0.2, -0.15) is 0 Å². The highest BCUT2D eigenvalue weighted by molar-refractivity contribution is 6.30. The number of benzene rings is 1. The molecule has 0 bridgehead atoms. The number of carbonyl (C=O) groups is 1. The second-order valence-corrected chi connectivity index (χ2v) is 6.48. The van der Waals surface area contributed by atoms with Gasteiger partial charge >= 0.3 is 0 Å². The summed E-state index contributed by atoms with van der Waals surface area (Å²) >= 11 is 5.88. The van der Waals surface area contributed by atoms with Crippen LogP contribution >= 0.6 is 11.6 Å². The summed E-state index contributed by atoms with van der Waals surface area (Å²) in [6, 6.07) is 9.18. The van der Waals surface area contributed by atoms with Crippen molar-refractivity contribution in [2.75, 3.05) is 18.0 Å². The van der Waals surface area contributed by atoms with Crippen molar-refractivity contribution >= 4 is 23.2 Å². The lowest BCUT2D eigenvalue weighted by Gasteiger charge is -2.32. The summed E-state index contributed by atoms with van der Waals surface area (Å²) in [4.78, 5) is 23.6. The van der Waals surface area contributed by atoms with Crippen LogP contribution in [-0.4, -0.2) is 28.8 Å². The molecule has 23 heavy (non-hydrogen) atoms. The van der Waals surface area contributed by atoms with Crippen LogP contribution in [0.1, 0.15) is 34.7 Å². The molecule has 4 nitrogen and oxygen atoms in total. The number of piperidine rings is 1. The van der Waals surface area contributed by atoms with Gasteiger partial charge in [0.2, 0.25) is 0 Å². The van der Waals surface area contributed by atoms with Crippen molar-refractivity contribution in [1.82, 2.24) is 9.97 Å². The van der Waals surface area contributed by atoms with Crippen molar-refractivity contribution in [2.24, 2.45) is 5.92 Å². The van der Waals surface area contributed by atoms with E-state index in [1.54, 1.807) is 12.1 Å². The monoisotopic (exact) mass is 329 g/mol. The number of aromatic nitrogens is 2. The SMILES string of the molecule is Cc1cc(N2CCC(C(=O)c3ccc(Cl)cc3)CC2)nc(C)n1. The van der Waals surface area contributed by atoms with Gasteiger partial charge < -0.3 is 4.90 Å². The first kappa shape index (κ1) is 15.9. The van der Waals surface area contributed by atoms with Crippen molar-refractivity contribution in [2.45, 2.75) is 26.7 Å². The van der Waals surface area contributed by atoms with Gasteiger partial charge in [0.05, 0.1) is 0 Å². The van der Waals surface area contributed by atoms with Gasteiger partial charge in [-0.3, -0.25) is 4.79 Å². The van der Waals surface area contributed by atoms with Gasteiger partial charge in [-0.05, 0) is 51.0 Å². The van der Waals surface area contributed by atoms with E-state index in [9.17, 15) is 4.79 Å². The van der Waals surface area contributed by atoms with E-state index in [-0.39, 0.29) is 11.7 Å². The number of ketones is 1. The molecule has 0 spiro atoms. The average molecular weight is 330 g/mol. The molecular formula is C18H20ClN3O. The summed E-state index contributed by atoms with van der Waals surface area (Å²) in [6.07, 6.45) is 1.70. The predicted molar refractivity (Wildman–Crippen MR) is 92.2 cm³/mol. The summed E-state index contributed by atoms with van der Waals surface area (Å²) in [5.74, 6) is 2.06. The number of rotatable bonds is 3. The molecule has 0 unspecified atom stereocenters. The number of nitrogens with zero attached hydrogens (tertiary/aromatic N) is 3. The average Bonchev–Trinajstić information content (AvgIpc) is 2.54. The number of aryl methyl sites for hydroxylation is 2. The fourth-order valence-electron chi connectivity index (χ4n) is 3.08. The molecule has 5 heteroatoms. The Morgan fingerprint density at radius 1 is 1.13 bits per heavy atom. The van der Waals surface area contributed by atoms with Crippen molar-refractivity contribution in [3.05, 3.63) is 52.4 Å². The third-order valence-corrected chi connectivity index (χ3v) is 4.52. The molecule has 1 saturated heterocycles. The second kappa shape index (κ2) is 6.67. The highest BCUT2D eigenvalue weighted by Crippen LogP contribution is 2.25. The van der Waals surface area contributed by atoms with Gasteiger partial charge in [0, 0.05) is 41.4 Å². The summed E-state index contributed by atoms with van der Waals surface area (Å²) in [6.45, 7) is 5.59. The number of Topliss-reactive ketones (excluding diaryl/α,β-unsaturated/α-hetero) is 1. The van der Waals surface area contributed by atoms with E-state index in [0.29, 0.717) is 5.02 Å². The molecule has 0 aliphatic carbocycles. The Hall–Kier alpha value is -1.94. The number of carbonyl (C=O) groups excluding carboxylic acids is 1. The van der Waals surface area contributed by atoms with Gasteiger partial charge in [0.25, 0.3) is 0 Å². The largest absolute Gasteiger partial charge is 0.356 e. The lowest BCUT2D eigenvalue weighted by molar-refractivity contribution is 0.0900. The lowest BCUT2D eigenvalue weighted by atomic mass is 9.89. The minimum atomic E-state index is 0.0801. The maximum Gasteiger partial charge on any atom is 0.166 e. The molecule has 0 atom stereocenters. The van der Waals surface area contributed by atoms with Gasteiger partial charge in [-0.25, -0.2) is 9.97 Å². The van der Waals surface area contributed by atoms with Crippen LogP contribution in [0.5, 0.6) is 0 Å². The Labute approximate surface area is 141 Å². The Bertz CT molecular complexity index is 686. The van der Waals surface area contributed by atoms with Crippen LogP contribution in [0.25, 0.3) is 0 Å². The molecule has 3 rings (SSSR count). The topological polar surface area (TPSA) is 46.1 Å². The Morgan fingerprint density at radius 3 is 2.39 bits per heavy atom. The molecule has 120 valence electrons. The normalized spacial score (nSPS) is 15.7. The van der Waals surface area contributed by atoms with Crippen LogP contribution in [0, 0.1) is 19.8 Å². The minimum Gasteiger partial charge on any atom is -0.356 e. The third kappa shape index (κ3) is 3.70. The first-order valence-corrected chi connectivity index (χ1v) is 8.28. The van der Waals surface area contributed by atoms with Crippen LogP contribution in [0.2, 0.25) is 5.02 Å². The maximum atomic E-state index is 12.6. The minimum absolute atomic E-state index is 0.0801. The Balaban J connectivity index is 1.66. The summed E-state index contributed by atoms with van der Waals surface area (Å²) in [7, 11) is 0. The van der Waals surface area contributed by atoms with E-state index < -0.39 is 0 Å². The highest BCUT2D eigenvalue weighted by Gasteiger charge is 2.26. The maximum absolute atomic E-state index is 12.6. The zero-order valence-corrected chi connectivity index (χ0v) is 14.2. The second-order valence-electron chi connectivity index (χ2n) is 6.05. The molecule has 0 N–H and O–H groups in total. The van der Waals surface area contributed by atoms with Crippen LogP contribution in [0.4, 0.5) is 5.82 Å². The summed E-state index contributed by atoms with van der Waals surface area (Å²) < 4.78 is 0. The Kier molecular flexibility index (Phi) is 4.62. The van der Waals surface area contributed by atoms with E-state index in [1.165, 1.54) is 0 Å². The third-order valence-electron chi connectivity index (χ3n) is 4.27. The van der Waals surface area contributed by atoms with E-state index in [4.69, 9.17) is 11.6 Å². The molecule has 2 aromatic rings. The number of hydrogen-bond donors (Lipinski definition) is 0. The highest BCUT2D eigenvalue weighted by atomic mass is 35.5. The molecule has 1 aliphatic rings. The molecule has 1 aromatic heterocycles. The van der Waals surface area contributed by atoms with Crippen LogP contribution < -0.4 is 4.90 Å². The van der Waals surface area contributed by atoms with Gasteiger partial charge in [0.1, 0.15) is 11.6 Å². The number of hydrogen-bond acceptors (Lipinski definition) is 4. The Morgan fingerprint density at radius 2 is 1.78 bits per heavy atom. The van der Waals surface area contributed by atoms with E-state index in [2.05, 4.69) is 14.9 Å². The predicted octanol–water partition coefficient (Wildman–Crippen LogP) is 3.85. The lowest BCUT2D eigenvalue weighted by Crippen LogP contribution is -2.37. The quantitative estimate of drug-likeness (QED) is 0.802. The molecule has 0 radical (unpaired) electrons. The molecule has 1 aliphatic heterocycles. The zero-order chi connectivity index (χ0) is 16.4. The summed E-state index contributed by atoms with van der Waals surface area (Å²) in [5.41, 5.74) is 1.73. The van der Waals surface area contributed by atoms with Crippen molar-refractivity contribution in [3.8, 4) is 0 Å². The van der Waals surface area contributed by atoms with Crippen LogP contribution in [-0.2, 0) is 0 Å². The van der Waals surface area contributed by atoms with Crippen molar-refractivity contribution in [3.63, 3.8) is 0 Å². The fraction of sp³-hybridized carbons (Fsp3) is 0.389. The standard InChI is InChI=1S/C18H20ClN3O/c1-12-11-17(21-13(2)20-12)22-9-7-15(8-10-22)18(23)14-3-5-16(19)6-4-14/h3-6,11,15H,7-10H2,1-2H3. The molecule has 1 aromatic carbocycles. The molecule has 2 heterocycles. The molecule has 0 amide bonds. The van der Waals surface area contributed by atoms with Crippen molar-refractivity contribution < 1.29 is 4.79 Å². The van der Waals surface area contributed by atoms with E-state index >= 15 is 0 Å². The smallest absolute Gasteiger partial charge is 0.166 e. The summed E-state index contributed by atoms with van der Waals surface area (Å²) in [5, 5.41) is 0.658. The zero-order valence-electron chi connectivity index (χ0n) is 13.4. The first-order valence-electron chi connectivity index (χ1n) is 7.90. The molecule has 0 saturated carbocycles. The van der Waals surface area contributed by atoms with Gasteiger partial charge in [-0.15, -0.1) is 0 Å². The van der Waals surface area contributed by atoms with Crippen molar-refractivity contribution in [1.29, 1.82) is 0 Å². The van der Waals surface area contributed by atoms with Gasteiger partial charge in [0.15, 0.2) is 5.78 Å². The van der Waals surface area contributed by atoms with E-state index in [0.717, 1.165) is 48.8 Å². The van der Waals surface area contributed by atoms with Crippen LogP contribution in [0.3, 0.4) is 0 Å². The van der Waals surface area contributed by atoms with Crippen LogP contribution in [0.15, 0.2) is 30.3 Å². The molecule has 1 fully saturated rings. The van der Waals surface area contributed by atoms with Gasteiger partial charge in [-0.1, -0.05) is 11.6 Å². The number of anilines is 1. The number of halogens is 1. The first-order chi connectivity index (χ1) is 11.0.